The fraction of sp³-hybridized carbons (Fsp3) is 0.322. The number of nitrogens with one attached hydrogen (secondary N) is 1. The average Bonchev–Trinajstić information content (AvgIpc) is 1.58. The van der Waals surface area contributed by atoms with E-state index in [1.54, 1.807) is 6.20 Å². The van der Waals surface area contributed by atoms with Gasteiger partial charge >= 0.3 is 0 Å². The summed E-state index contributed by atoms with van der Waals surface area (Å²) >= 11 is 0. The van der Waals surface area contributed by atoms with Crippen molar-refractivity contribution in [1.82, 2.24) is 57.2 Å². The minimum Gasteiger partial charge on any atom is -0.358 e. The van der Waals surface area contributed by atoms with Crippen molar-refractivity contribution in [2.45, 2.75) is 178 Å². The van der Waals surface area contributed by atoms with Gasteiger partial charge in [-0.25, -0.2) is 8.78 Å². The summed E-state index contributed by atoms with van der Waals surface area (Å²) in [6.45, 7) is 39.6. The Balaban J connectivity index is 0.000000115. The second-order valence-corrected chi connectivity index (χ2v) is 45.7. The number of aromatic nitrogens is 6. The monoisotopic (exact) mass is 1820 g/mol. The van der Waals surface area contributed by atoms with E-state index in [1.165, 1.54) is 162 Å². The van der Waals surface area contributed by atoms with Crippen molar-refractivity contribution in [2.24, 2.45) is 0 Å². The maximum atomic E-state index is 16.2. The van der Waals surface area contributed by atoms with Crippen LogP contribution in [-0.4, -0.2) is 147 Å². The first-order valence-electron chi connectivity index (χ1n) is 49.0. The summed E-state index contributed by atoms with van der Waals surface area (Å²) in [7, 11) is 11.3. The van der Waals surface area contributed by atoms with Gasteiger partial charge in [-0.3, -0.25) is 13.7 Å². The van der Waals surface area contributed by atoms with E-state index in [4.69, 9.17) is 6.42 Å². The molecule has 12 nitrogen and oxygen atoms in total. The van der Waals surface area contributed by atoms with Crippen molar-refractivity contribution in [3.63, 3.8) is 0 Å². The number of hydrogen-bond donors (Lipinski definition) is 1. The van der Waals surface area contributed by atoms with Gasteiger partial charge in [0.05, 0.1) is 33.3 Å². The Labute approximate surface area is 806 Å². The van der Waals surface area contributed by atoms with Crippen molar-refractivity contribution in [2.75, 3.05) is 81.6 Å². The predicted molar refractivity (Wildman–Crippen MR) is 572 cm³/mol. The zero-order valence-corrected chi connectivity index (χ0v) is 84.2. The molecule has 0 bridgehead atoms. The molecule has 136 heavy (non-hydrogen) atoms. The molecule has 12 heterocycles. The van der Waals surface area contributed by atoms with Gasteiger partial charge in [-0.15, -0.1) is 5.54 Å². The number of terminal acetylenes is 1. The molecule has 6 aliphatic heterocycles. The molecule has 0 radical (unpaired) electrons. The quantitative estimate of drug-likeness (QED) is 0.0929. The van der Waals surface area contributed by atoms with E-state index in [2.05, 4.69) is 329 Å². The zero-order valence-electron chi connectivity index (χ0n) is 83.2. The average molecular weight is 1820 g/mol. The van der Waals surface area contributed by atoms with Crippen LogP contribution in [-0.2, 0) is 77.8 Å². The standard InChI is InChI=1S/C27H25FN2.C24H36N2Si.C21H21FN2.C21H20N2.C15H16N2.C13H16N2/c1-19-13-14-24-22(17-19)23-18-29(2)16-15-25(23)30(24)27(21-11-7-4-8-12-21)26(28)20-9-5-3-6-10-20;1-17(2)27(18(3)4,19(5)6)14-13-26-23-10-9-20(7)15-21(23)22-16-25(8)12-11-24(22)26;1-15-8-9-20-17(12-15)18-13-23(2)11-10-21(18)24(20)14-19(22)16-6-4-3-5-7-16;1-16-8-9-20-18(14-16)19-15-22(2)12-11-21(19)23(20)13-10-17-6-4-3-5-7-17;1-4-17-14-6-5-11(2)9-12(14)13-10-16(3)8-7-15(13)17;1-9-3-4-12-10(7-9)11-8-15(2)6-5-13(11)14-12/h3-14,17H,15-16,18H2,1-2H3;9-10,15,17-19H,11-12,16H2,1-8H3;3-9,12,14H,10-11,13H2,1-2H3;3-9,14H,11-12,15H2,1-2H3;1,5-6,9H,7-8,10H2,2-3H3;3-4,7,14H,5-6,8H2,1-2H3/b27-26+;;19-14-;;;. The number of rotatable bonds is 8. The van der Waals surface area contributed by atoms with Crippen LogP contribution in [0.3, 0.4) is 0 Å². The SMILES string of the molecule is C#Cn1c2c(c3cc(C)ccc31)CN(C)CC2.Cc1ccc2[nH]c3c(c2c1)CN(C)CC3.Cc1ccc2c(c1)c1c(n2/C(=C(/F)c2ccccc2)c2ccccc2)CCN(C)C1.Cc1ccc2c(c1)c1c(n2/C=C(\F)c2ccccc2)CCN(C)C1.Cc1ccc2c(c1)c1c(n2C#C[Si](C(C)C)(C(C)C)C(C)C)CCN(C)C1.Cc1ccc2c(c1)c1c(n2C#Cc2ccccc2)CCN(C)C1. The molecule has 0 fully saturated rings. The third kappa shape index (κ3) is 19.8. The molecule has 1 N–H and O–H groups in total. The summed E-state index contributed by atoms with van der Waals surface area (Å²) in [5.74, 6) is 2.92. The van der Waals surface area contributed by atoms with E-state index in [-0.39, 0.29) is 11.7 Å². The van der Waals surface area contributed by atoms with E-state index in [1.807, 2.05) is 114 Å². The smallest absolute Gasteiger partial charge is 0.155 e. The largest absolute Gasteiger partial charge is 0.358 e. The lowest BCUT2D eigenvalue weighted by atomic mass is 10.0. The van der Waals surface area contributed by atoms with Gasteiger partial charge in [0, 0.05) is 236 Å². The number of likely N-dealkylation sites (N-methyl/N-ethyl adjacent to an activating group) is 6. The molecule has 0 amide bonds. The molecule has 22 rings (SSSR count). The number of benzene rings is 10. The molecule has 16 aromatic rings. The van der Waals surface area contributed by atoms with Crippen LogP contribution in [0, 0.1) is 77.6 Å². The first-order valence-corrected chi connectivity index (χ1v) is 51.2. The van der Waals surface area contributed by atoms with Crippen LogP contribution >= 0.6 is 0 Å². The topological polar surface area (TPSA) is 59.9 Å². The lowest BCUT2D eigenvalue weighted by Gasteiger charge is -2.37. The third-order valence-corrected chi connectivity index (χ3v) is 35.4. The summed E-state index contributed by atoms with van der Waals surface area (Å²) in [4.78, 5) is 17.8. The van der Waals surface area contributed by atoms with E-state index in [0.29, 0.717) is 33.4 Å². The predicted octanol–water partition coefficient (Wildman–Crippen LogP) is 25.7. The molecular weight excluding hydrogens is 1690 g/mol. The second kappa shape index (κ2) is 41.2. The number of H-pyrrole nitrogens is 1. The molecule has 10 aromatic carbocycles. The van der Waals surface area contributed by atoms with Gasteiger partial charge in [-0.1, -0.05) is 227 Å². The maximum absolute atomic E-state index is 16.2. The van der Waals surface area contributed by atoms with Crippen LogP contribution < -0.4 is 0 Å². The van der Waals surface area contributed by atoms with Crippen LogP contribution in [0.15, 0.2) is 231 Å². The Bertz CT molecular complexity index is 7320. The number of nitrogens with zero attached hydrogens (tertiary/aromatic N) is 11. The maximum Gasteiger partial charge on any atom is 0.155 e. The number of aromatic amines is 1. The molecule has 6 aromatic heterocycles. The lowest BCUT2D eigenvalue weighted by Crippen LogP contribution is -2.43. The number of hydrogen-bond acceptors (Lipinski definition) is 6. The van der Waals surface area contributed by atoms with Gasteiger partial charge in [0.2, 0.25) is 0 Å². The van der Waals surface area contributed by atoms with Crippen LogP contribution in [0.25, 0.3) is 89.0 Å². The summed E-state index contributed by atoms with van der Waals surface area (Å²) < 4.78 is 41.8. The number of fused-ring (bicyclic) bond motifs is 18. The van der Waals surface area contributed by atoms with E-state index in [9.17, 15) is 4.39 Å². The molecule has 0 aliphatic carbocycles. The highest BCUT2D eigenvalue weighted by Crippen LogP contribution is 2.44. The van der Waals surface area contributed by atoms with Gasteiger partial charge in [-0.05, 0) is 225 Å². The molecule has 0 saturated carbocycles. The third-order valence-electron chi connectivity index (χ3n) is 29.1. The normalized spacial score (nSPS) is 15.5. The Hall–Kier alpha value is -12.6. The minimum atomic E-state index is -1.73. The van der Waals surface area contributed by atoms with Gasteiger partial charge in [0.1, 0.15) is 13.9 Å². The van der Waals surface area contributed by atoms with E-state index >= 15 is 4.39 Å². The van der Waals surface area contributed by atoms with Crippen molar-refractivity contribution >= 4 is 97.0 Å². The fourth-order valence-corrected chi connectivity index (χ4v) is 27.2. The molecule has 0 saturated heterocycles. The first kappa shape index (κ1) is 95.2. The van der Waals surface area contributed by atoms with Crippen LogP contribution in [0.1, 0.15) is 165 Å². The molecule has 15 heteroatoms. The summed E-state index contributed by atoms with van der Waals surface area (Å²) in [6.07, 6.45) is 13.5. The van der Waals surface area contributed by atoms with Gasteiger partial charge in [0.15, 0.2) is 5.83 Å². The van der Waals surface area contributed by atoms with Crippen molar-refractivity contribution < 1.29 is 8.78 Å². The van der Waals surface area contributed by atoms with Gasteiger partial charge in [0.25, 0.3) is 0 Å². The van der Waals surface area contributed by atoms with Crippen LogP contribution in [0.5, 0.6) is 0 Å². The van der Waals surface area contributed by atoms with Crippen LogP contribution in [0.4, 0.5) is 8.78 Å². The molecule has 0 spiro atoms. The molecule has 0 unspecified atom stereocenters. The molecule has 696 valence electrons. The van der Waals surface area contributed by atoms with E-state index < -0.39 is 8.07 Å². The summed E-state index contributed by atoms with van der Waals surface area (Å²) in [5, 5.41) is 7.96. The Kier molecular flexibility index (Phi) is 28.8. The minimum absolute atomic E-state index is 0.194. The van der Waals surface area contributed by atoms with E-state index in [0.717, 1.165) is 133 Å². The molecule has 0 atom stereocenters. The number of aryl methyl sites for hydroxylation is 6. The second-order valence-electron chi connectivity index (χ2n) is 40.1. The Morgan fingerprint density at radius 1 is 0.353 bits per heavy atom. The summed E-state index contributed by atoms with van der Waals surface area (Å²) in [6, 6.07) is 88.4. The first-order chi connectivity index (χ1) is 65.6. The number of halogens is 2. The molecule has 6 aliphatic rings. The Morgan fingerprint density at radius 2 is 0.691 bits per heavy atom. The molecular formula is C121H134F2N12Si. The van der Waals surface area contributed by atoms with Crippen molar-refractivity contribution in [3.05, 3.63) is 354 Å². The Morgan fingerprint density at radius 3 is 1.15 bits per heavy atom. The van der Waals surface area contributed by atoms with Gasteiger partial charge < -0.3 is 43.5 Å². The highest BCUT2D eigenvalue weighted by molar-refractivity contribution is 6.90. The highest BCUT2D eigenvalue weighted by Gasteiger charge is 2.42. The van der Waals surface area contributed by atoms with Gasteiger partial charge in [-0.2, -0.15) is 0 Å². The fourth-order valence-electron chi connectivity index (χ4n) is 22.0. The lowest BCUT2D eigenvalue weighted by molar-refractivity contribution is 0.311. The van der Waals surface area contributed by atoms with Crippen LogP contribution in [0.2, 0.25) is 16.6 Å². The zero-order chi connectivity index (χ0) is 95.5. The summed E-state index contributed by atoms with van der Waals surface area (Å²) in [5.41, 5.74) is 41.2. The van der Waals surface area contributed by atoms with Crippen molar-refractivity contribution in [3.8, 4) is 36.0 Å². The highest BCUT2D eigenvalue weighted by atomic mass is 28.3. The van der Waals surface area contributed by atoms with Crippen molar-refractivity contribution in [1.29, 1.82) is 0 Å².